The summed E-state index contributed by atoms with van der Waals surface area (Å²) in [5.74, 6) is -1.47. The first-order chi connectivity index (χ1) is 9.01. The van der Waals surface area contributed by atoms with E-state index in [1.165, 1.54) is 11.9 Å². The summed E-state index contributed by atoms with van der Waals surface area (Å²) >= 11 is 0. The average Bonchev–Trinajstić information content (AvgIpc) is 2.86. The summed E-state index contributed by atoms with van der Waals surface area (Å²) in [5, 5.41) is 22.4. The first-order valence-corrected chi connectivity index (χ1v) is 6.13. The number of urea groups is 1. The number of likely N-dealkylation sites (tertiary alicyclic amines) is 1. The highest BCUT2D eigenvalue weighted by Crippen LogP contribution is 2.17. The maximum Gasteiger partial charge on any atom is 0.326 e. The zero-order valence-corrected chi connectivity index (χ0v) is 10.8. The maximum atomic E-state index is 12.0. The zero-order chi connectivity index (χ0) is 14.4. The van der Waals surface area contributed by atoms with E-state index >= 15 is 0 Å². The van der Waals surface area contributed by atoms with Gasteiger partial charge in [-0.05, 0) is 12.8 Å². The van der Waals surface area contributed by atoms with E-state index < -0.39 is 24.1 Å². The third kappa shape index (κ3) is 3.82. The number of carboxylic acids is 1. The van der Waals surface area contributed by atoms with E-state index in [-0.39, 0.29) is 18.9 Å². The fourth-order valence-electron chi connectivity index (χ4n) is 2.07. The third-order valence-electron chi connectivity index (χ3n) is 3.08. The van der Waals surface area contributed by atoms with Gasteiger partial charge in [0.05, 0.1) is 0 Å². The molecule has 0 aromatic heterocycles. The quantitative estimate of drug-likeness (QED) is 0.498. The van der Waals surface area contributed by atoms with Gasteiger partial charge in [-0.25, -0.2) is 9.59 Å². The van der Waals surface area contributed by atoms with Crippen LogP contribution in [-0.4, -0.2) is 65.3 Å². The number of nitrogens with zero attached hydrogens (tertiary/aromatic N) is 1. The molecule has 0 spiro atoms. The molecule has 0 radical (unpaired) electrons. The van der Waals surface area contributed by atoms with Crippen LogP contribution in [0.1, 0.15) is 19.3 Å². The van der Waals surface area contributed by atoms with Crippen molar-refractivity contribution in [3.8, 4) is 0 Å². The van der Waals surface area contributed by atoms with Gasteiger partial charge in [-0.2, -0.15) is 0 Å². The Bertz CT molecular complexity index is 360. The van der Waals surface area contributed by atoms with Crippen LogP contribution in [0, 0.1) is 0 Å². The topological polar surface area (TPSA) is 119 Å². The molecule has 1 heterocycles. The van der Waals surface area contributed by atoms with Gasteiger partial charge in [0.1, 0.15) is 12.1 Å². The molecular formula is C11H19N3O5. The lowest BCUT2D eigenvalue weighted by Crippen LogP contribution is -2.52. The summed E-state index contributed by atoms with van der Waals surface area (Å²) in [7, 11) is 1.49. The number of nitrogens with one attached hydrogen (secondary N) is 2. The summed E-state index contributed by atoms with van der Waals surface area (Å²) < 4.78 is 0. The minimum Gasteiger partial charge on any atom is -0.480 e. The Morgan fingerprint density at radius 2 is 2.11 bits per heavy atom. The van der Waals surface area contributed by atoms with Gasteiger partial charge in [0.2, 0.25) is 5.91 Å². The fraction of sp³-hybridized carbons (Fsp3) is 0.727. The number of likely N-dealkylation sites (N-methyl/N-ethyl adjacent to an activating group) is 1. The lowest BCUT2D eigenvalue weighted by atomic mass is 10.2. The molecule has 2 atom stereocenters. The van der Waals surface area contributed by atoms with Crippen molar-refractivity contribution in [1.29, 1.82) is 0 Å². The van der Waals surface area contributed by atoms with Gasteiger partial charge in [-0.1, -0.05) is 0 Å². The minimum atomic E-state index is -1.21. The number of aliphatic hydroxyl groups excluding tert-OH is 1. The highest BCUT2D eigenvalue weighted by atomic mass is 16.4. The second-order valence-electron chi connectivity index (χ2n) is 4.32. The Balaban J connectivity index is 2.65. The predicted molar refractivity (Wildman–Crippen MR) is 65.5 cm³/mol. The van der Waals surface area contributed by atoms with Crippen LogP contribution >= 0.6 is 0 Å². The molecule has 1 rings (SSSR count). The molecule has 8 nitrogen and oxygen atoms in total. The van der Waals surface area contributed by atoms with Crippen LogP contribution in [0.15, 0.2) is 0 Å². The van der Waals surface area contributed by atoms with E-state index in [9.17, 15) is 14.4 Å². The summed E-state index contributed by atoms with van der Waals surface area (Å²) in [4.78, 5) is 35.8. The highest BCUT2D eigenvalue weighted by Gasteiger charge is 2.34. The molecule has 8 heteroatoms. The largest absolute Gasteiger partial charge is 0.480 e. The van der Waals surface area contributed by atoms with Gasteiger partial charge < -0.3 is 25.7 Å². The Morgan fingerprint density at radius 3 is 2.63 bits per heavy atom. The first kappa shape index (κ1) is 15.2. The molecule has 0 aromatic rings. The molecule has 0 aromatic carbocycles. The second-order valence-corrected chi connectivity index (χ2v) is 4.32. The fourth-order valence-corrected chi connectivity index (χ4v) is 2.07. The van der Waals surface area contributed by atoms with Crippen molar-refractivity contribution in [3.05, 3.63) is 0 Å². The number of aliphatic hydroxyl groups is 1. The molecule has 1 fully saturated rings. The molecule has 1 aliphatic rings. The average molecular weight is 273 g/mol. The summed E-state index contributed by atoms with van der Waals surface area (Å²) in [5.41, 5.74) is 0. The van der Waals surface area contributed by atoms with Crippen LogP contribution in [0.4, 0.5) is 4.79 Å². The van der Waals surface area contributed by atoms with Crippen molar-refractivity contribution in [2.75, 3.05) is 20.2 Å². The van der Waals surface area contributed by atoms with Crippen LogP contribution in [0.25, 0.3) is 0 Å². The van der Waals surface area contributed by atoms with Crippen molar-refractivity contribution in [2.45, 2.75) is 31.3 Å². The van der Waals surface area contributed by atoms with E-state index in [0.29, 0.717) is 19.4 Å². The van der Waals surface area contributed by atoms with E-state index in [1.54, 1.807) is 0 Å². The second kappa shape index (κ2) is 6.93. The SMILES string of the molecule is CNC(=O)C1CCCN1C(=O)N[C@@H](CCO)C(=O)O. The van der Waals surface area contributed by atoms with Crippen LogP contribution < -0.4 is 10.6 Å². The maximum absolute atomic E-state index is 12.0. The van der Waals surface area contributed by atoms with Crippen LogP contribution in [0.2, 0.25) is 0 Å². The Morgan fingerprint density at radius 1 is 1.42 bits per heavy atom. The number of hydrogen-bond donors (Lipinski definition) is 4. The van der Waals surface area contributed by atoms with Crippen molar-refractivity contribution >= 4 is 17.9 Å². The van der Waals surface area contributed by atoms with Crippen molar-refractivity contribution in [3.63, 3.8) is 0 Å². The van der Waals surface area contributed by atoms with Gasteiger partial charge in [0.15, 0.2) is 0 Å². The van der Waals surface area contributed by atoms with Crippen LogP contribution in [-0.2, 0) is 9.59 Å². The Labute approximate surface area is 110 Å². The van der Waals surface area contributed by atoms with E-state index in [0.717, 1.165) is 0 Å². The zero-order valence-electron chi connectivity index (χ0n) is 10.8. The number of hydrogen-bond acceptors (Lipinski definition) is 4. The van der Waals surface area contributed by atoms with Crippen molar-refractivity contribution in [1.82, 2.24) is 15.5 Å². The summed E-state index contributed by atoms with van der Waals surface area (Å²) in [6.45, 7) is 0.0749. The van der Waals surface area contributed by atoms with Gasteiger partial charge in [-0.15, -0.1) is 0 Å². The molecular weight excluding hydrogens is 254 g/mol. The molecule has 0 aliphatic carbocycles. The minimum absolute atomic E-state index is 0.0699. The molecule has 108 valence electrons. The number of aliphatic carboxylic acids is 1. The van der Waals surface area contributed by atoms with Gasteiger partial charge in [0, 0.05) is 26.6 Å². The highest BCUT2D eigenvalue weighted by molar-refractivity contribution is 5.89. The van der Waals surface area contributed by atoms with Crippen molar-refractivity contribution in [2.24, 2.45) is 0 Å². The summed E-state index contributed by atoms with van der Waals surface area (Å²) in [6.07, 6.45) is 1.19. The van der Waals surface area contributed by atoms with Crippen LogP contribution in [0.3, 0.4) is 0 Å². The Hall–Kier alpha value is -1.83. The smallest absolute Gasteiger partial charge is 0.326 e. The predicted octanol–water partition coefficient (Wildman–Crippen LogP) is -1.26. The number of amides is 3. The van der Waals surface area contributed by atoms with E-state index in [1.807, 2.05) is 0 Å². The van der Waals surface area contributed by atoms with Gasteiger partial charge >= 0.3 is 12.0 Å². The third-order valence-corrected chi connectivity index (χ3v) is 3.08. The molecule has 1 saturated heterocycles. The lowest BCUT2D eigenvalue weighted by Gasteiger charge is -2.25. The molecule has 0 saturated carbocycles. The number of carboxylic acid groups (broad SMARTS) is 1. The molecule has 1 aliphatic heterocycles. The normalized spacial score (nSPS) is 19.9. The van der Waals surface area contributed by atoms with E-state index in [4.69, 9.17) is 10.2 Å². The number of rotatable bonds is 5. The first-order valence-electron chi connectivity index (χ1n) is 6.13. The monoisotopic (exact) mass is 273 g/mol. The van der Waals surface area contributed by atoms with Crippen molar-refractivity contribution < 1.29 is 24.6 Å². The molecule has 19 heavy (non-hydrogen) atoms. The molecule has 4 N–H and O–H groups in total. The lowest BCUT2D eigenvalue weighted by molar-refractivity contribution is -0.139. The van der Waals surface area contributed by atoms with Gasteiger partial charge in [-0.3, -0.25) is 4.79 Å². The summed E-state index contributed by atoms with van der Waals surface area (Å²) in [6, 6.07) is -2.30. The Kier molecular flexibility index (Phi) is 5.56. The van der Waals surface area contributed by atoms with Crippen LogP contribution in [0.5, 0.6) is 0 Å². The molecule has 0 bridgehead atoms. The standard InChI is InChI=1S/C11H19N3O5/c1-12-9(16)8-3-2-5-14(8)11(19)13-7(4-6-15)10(17)18/h7-8,15H,2-6H2,1H3,(H,12,16)(H,13,19)(H,17,18)/t7-,8?/m0/s1. The molecule has 1 unspecified atom stereocenters. The number of carbonyl (C=O) groups is 3. The number of carbonyl (C=O) groups excluding carboxylic acids is 2. The van der Waals surface area contributed by atoms with Gasteiger partial charge in [0.25, 0.3) is 0 Å². The van der Waals surface area contributed by atoms with E-state index in [2.05, 4.69) is 10.6 Å². The molecule has 3 amide bonds.